The number of benzene rings is 2. The average Bonchev–Trinajstić information content (AvgIpc) is 2.50. The van der Waals surface area contributed by atoms with Crippen molar-refractivity contribution in [3.8, 4) is 0 Å². The number of amides is 2. The molecule has 0 saturated carbocycles. The van der Waals surface area contributed by atoms with Crippen LogP contribution in [0.2, 0.25) is 0 Å². The summed E-state index contributed by atoms with van der Waals surface area (Å²) in [6.07, 6.45) is 0.0713. The van der Waals surface area contributed by atoms with Crippen LogP contribution in [-0.2, 0) is 4.79 Å². The molecule has 120 valence electrons. The molecular weight excluding hydrogens is 304 g/mol. The van der Waals surface area contributed by atoms with E-state index in [1.165, 1.54) is 18.2 Å². The van der Waals surface area contributed by atoms with Gasteiger partial charge >= 0.3 is 0 Å². The topological polar surface area (TPSA) is 84.2 Å². The maximum Gasteiger partial charge on any atom is 0.255 e. The maximum atomic E-state index is 13.4. The molecule has 5 nitrogen and oxygen atoms in total. The fourth-order valence-corrected chi connectivity index (χ4v) is 1.87. The predicted octanol–water partition coefficient (Wildman–Crippen LogP) is 2.50. The predicted molar refractivity (Wildman–Crippen MR) is 83.1 cm³/mol. The van der Waals surface area contributed by atoms with Gasteiger partial charge in [-0.1, -0.05) is 0 Å². The lowest BCUT2D eigenvalue weighted by Crippen LogP contribution is -2.19. The average molecular weight is 319 g/mol. The second-order valence-corrected chi connectivity index (χ2v) is 4.74. The molecule has 0 heterocycles. The van der Waals surface area contributed by atoms with Gasteiger partial charge in [-0.3, -0.25) is 9.59 Å². The van der Waals surface area contributed by atoms with Crippen LogP contribution in [0, 0.1) is 11.6 Å². The van der Waals surface area contributed by atoms with Gasteiger partial charge < -0.3 is 16.4 Å². The smallest absolute Gasteiger partial charge is 0.255 e. The monoisotopic (exact) mass is 319 g/mol. The van der Waals surface area contributed by atoms with Crippen molar-refractivity contribution in [2.45, 2.75) is 6.42 Å². The lowest BCUT2D eigenvalue weighted by molar-refractivity contribution is -0.116. The molecule has 0 bridgehead atoms. The van der Waals surface area contributed by atoms with Crippen molar-refractivity contribution in [3.63, 3.8) is 0 Å². The summed E-state index contributed by atoms with van der Waals surface area (Å²) in [7, 11) is 0. The summed E-state index contributed by atoms with van der Waals surface area (Å²) < 4.78 is 26.2. The molecule has 0 radical (unpaired) electrons. The Bertz CT molecular complexity index is 718. The van der Waals surface area contributed by atoms with Crippen molar-refractivity contribution in [3.05, 3.63) is 59.7 Å². The first kappa shape index (κ1) is 16.6. The van der Waals surface area contributed by atoms with Crippen molar-refractivity contribution >= 4 is 23.2 Å². The zero-order valence-corrected chi connectivity index (χ0v) is 12.1. The number of nitrogens with two attached hydrogens (primary N) is 1. The Labute approximate surface area is 131 Å². The van der Waals surface area contributed by atoms with Crippen LogP contribution < -0.4 is 16.4 Å². The third-order valence-electron chi connectivity index (χ3n) is 2.98. The van der Waals surface area contributed by atoms with Gasteiger partial charge in [0.1, 0.15) is 11.6 Å². The molecule has 0 aliphatic rings. The molecule has 0 spiro atoms. The molecule has 7 heteroatoms. The lowest BCUT2D eigenvalue weighted by Gasteiger charge is -2.12. The Morgan fingerprint density at radius 1 is 0.913 bits per heavy atom. The summed E-state index contributed by atoms with van der Waals surface area (Å²) in [5.74, 6) is -1.92. The molecule has 0 atom stereocenters. The normalized spacial score (nSPS) is 10.2. The number of anilines is 2. The molecule has 4 N–H and O–H groups in total. The van der Waals surface area contributed by atoms with E-state index >= 15 is 0 Å². The third kappa shape index (κ3) is 4.58. The highest BCUT2D eigenvalue weighted by atomic mass is 19.1. The van der Waals surface area contributed by atoms with Gasteiger partial charge in [-0.05, 0) is 42.5 Å². The van der Waals surface area contributed by atoms with Crippen molar-refractivity contribution in [1.29, 1.82) is 0 Å². The first-order chi connectivity index (χ1) is 11.0. The summed E-state index contributed by atoms with van der Waals surface area (Å²) in [5.41, 5.74) is 5.87. The Hall–Kier alpha value is -2.80. The van der Waals surface area contributed by atoms with Crippen molar-refractivity contribution in [2.24, 2.45) is 5.73 Å². The van der Waals surface area contributed by atoms with E-state index in [9.17, 15) is 18.4 Å². The zero-order chi connectivity index (χ0) is 16.8. The molecule has 2 aromatic rings. The van der Waals surface area contributed by atoms with Crippen LogP contribution in [0.4, 0.5) is 20.2 Å². The second kappa shape index (κ2) is 7.46. The van der Waals surface area contributed by atoms with Gasteiger partial charge in [-0.15, -0.1) is 0 Å². The molecule has 0 unspecified atom stereocenters. The standard InChI is InChI=1S/C16H15F2N3O2/c17-11-3-1-10(2-4-11)16(23)21-13-6-5-12(18)9-14(13)20-15(22)7-8-19/h1-6,9H,7-8,19H2,(H,20,22)(H,21,23). The van der Waals surface area contributed by atoms with E-state index in [4.69, 9.17) is 5.73 Å². The summed E-state index contributed by atoms with van der Waals surface area (Å²) in [6.45, 7) is 0.151. The number of nitrogens with one attached hydrogen (secondary N) is 2. The minimum absolute atomic E-state index is 0.0713. The molecule has 0 aliphatic heterocycles. The minimum Gasteiger partial charge on any atom is -0.330 e. The molecule has 2 aromatic carbocycles. The maximum absolute atomic E-state index is 13.4. The Kier molecular flexibility index (Phi) is 5.37. The number of carbonyl (C=O) groups excluding carboxylic acids is 2. The third-order valence-corrected chi connectivity index (χ3v) is 2.98. The van der Waals surface area contributed by atoms with Gasteiger partial charge in [0.2, 0.25) is 5.91 Å². The van der Waals surface area contributed by atoms with E-state index < -0.39 is 23.4 Å². The summed E-state index contributed by atoms with van der Waals surface area (Å²) in [4.78, 5) is 23.7. The van der Waals surface area contributed by atoms with Gasteiger partial charge in [0, 0.05) is 18.5 Å². The molecule has 2 rings (SSSR count). The molecular formula is C16H15F2N3O2. The number of hydrogen-bond donors (Lipinski definition) is 3. The van der Waals surface area contributed by atoms with Crippen molar-refractivity contribution in [2.75, 3.05) is 17.2 Å². The fraction of sp³-hybridized carbons (Fsp3) is 0.125. The van der Waals surface area contributed by atoms with Crippen LogP contribution in [0.3, 0.4) is 0 Å². The zero-order valence-electron chi connectivity index (χ0n) is 12.1. The second-order valence-electron chi connectivity index (χ2n) is 4.74. The first-order valence-corrected chi connectivity index (χ1v) is 6.86. The molecule has 0 aliphatic carbocycles. The van der Waals surface area contributed by atoms with Gasteiger partial charge in [0.05, 0.1) is 11.4 Å². The van der Waals surface area contributed by atoms with Crippen LogP contribution in [-0.4, -0.2) is 18.4 Å². The Morgan fingerprint density at radius 3 is 2.22 bits per heavy atom. The van der Waals surface area contributed by atoms with Crippen LogP contribution >= 0.6 is 0 Å². The van der Waals surface area contributed by atoms with E-state index in [1.54, 1.807) is 0 Å². The van der Waals surface area contributed by atoms with Gasteiger partial charge in [-0.25, -0.2) is 8.78 Å². The molecule has 0 fully saturated rings. The molecule has 0 saturated heterocycles. The van der Waals surface area contributed by atoms with Crippen molar-refractivity contribution in [1.82, 2.24) is 0 Å². The van der Waals surface area contributed by atoms with E-state index in [-0.39, 0.29) is 29.9 Å². The van der Waals surface area contributed by atoms with Crippen LogP contribution in [0.25, 0.3) is 0 Å². The highest BCUT2D eigenvalue weighted by Crippen LogP contribution is 2.23. The molecule has 0 aromatic heterocycles. The van der Waals surface area contributed by atoms with Crippen molar-refractivity contribution < 1.29 is 18.4 Å². The van der Waals surface area contributed by atoms with E-state index in [1.807, 2.05) is 0 Å². The number of carbonyl (C=O) groups is 2. The largest absolute Gasteiger partial charge is 0.330 e. The Morgan fingerprint density at radius 2 is 1.57 bits per heavy atom. The SMILES string of the molecule is NCCC(=O)Nc1cc(F)ccc1NC(=O)c1ccc(F)cc1. The highest BCUT2D eigenvalue weighted by molar-refractivity contribution is 6.07. The van der Waals surface area contributed by atoms with E-state index in [2.05, 4.69) is 10.6 Å². The molecule has 23 heavy (non-hydrogen) atoms. The quantitative estimate of drug-likeness (QED) is 0.791. The summed E-state index contributed by atoms with van der Waals surface area (Å²) in [5, 5.41) is 5.03. The Balaban J connectivity index is 2.19. The number of halogens is 2. The minimum atomic E-state index is -0.562. The van der Waals surface area contributed by atoms with E-state index in [0.717, 1.165) is 24.3 Å². The van der Waals surface area contributed by atoms with Crippen LogP contribution in [0.1, 0.15) is 16.8 Å². The van der Waals surface area contributed by atoms with Gasteiger partial charge in [0.15, 0.2) is 0 Å². The number of rotatable bonds is 5. The molecule has 2 amide bonds. The summed E-state index contributed by atoms with van der Waals surface area (Å²) in [6, 6.07) is 8.52. The van der Waals surface area contributed by atoms with Gasteiger partial charge in [0.25, 0.3) is 5.91 Å². The van der Waals surface area contributed by atoms with Crippen LogP contribution in [0.15, 0.2) is 42.5 Å². The first-order valence-electron chi connectivity index (χ1n) is 6.86. The van der Waals surface area contributed by atoms with Crippen LogP contribution in [0.5, 0.6) is 0 Å². The summed E-state index contributed by atoms with van der Waals surface area (Å²) >= 11 is 0. The lowest BCUT2D eigenvalue weighted by atomic mass is 10.2. The van der Waals surface area contributed by atoms with Gasteiger partial charge in [-0.2, -0.15) is 0 Å². The number of hydrogen-bond acceptors (Lipinski definition) is 3. The van der Waals surface area contributed by atoms with E-state index in [0.29, 0.717) is 0 Å². The highest BCUT2D eigenvalue weighted by Gasteiger charge is 2.12. The fourth-order valence-electron chi connectivity index (χ4n) is 1.87.